The molecule has 1 aromatic carbocycles. The minimum absolute atomic E-state index is 0.0728. The van der Waals surface area contributed by atoms with Gasteiger partial charge in [0.2, 0.25) is 0 Å². The van der Waals surface area contributed by atoms with E-state index in [2.05, 4.69) is 40.0 Å². The van der Waals surface area contributed by atoms with Gasteiger partial charge in [-0.15, -0.1) is 0 Å². The predicted molar refractivity (Wildman–Crippen MR) is 142 cm³/mol. The summed E-state index contributed by atoms with van der Waals surface area (Å²) in [4.78, 5) is 30.5. The topological polar surface area (TPSA) is 94.0 Å². The number of benzene rings is 1. The molecule has 35 heavy (non-hydrogen) atoms. The van der Waals surface area contributed by atoms with Gasteiger partial charge in [-0.1, -0.05) is 56.9 Å². The molecule has 1 saturated heterocycles. The first kappa shape index (κ1) is 27.8. The Morgan fingerprint density at radius 3 is 2.60 bits per heavy atom. The van der Waals surface area contributed by atoms with Crippen molar-refractivity contribution in [3.05, 3.63) is 77.7 Å². The first-order chi connectivity index (χ1) is 17.0. The summed E-state index contributed by atoms with van der Waals surface area (Å²) >= 11 is 0. The highest BCUT2D eigenvalue weighted by molar-refractivity contribution is 6.11. The molecule has 3 N–H and O–H groups in total. The van der Waals surface area contributed by atoms with Crippen molar-refractivity contribution in [1.29, 1.82) is 0 Å². The molecule has 1 aliphatic carbocycles. The number of likely N-dealkylation sites (tertiary alicyclic amines) is 1. The molecule has 1 heterocycles. The largest absolute Gasteiger partial charge is 0.357 e. The van der Waals surface area contributed by atoms with Crippen LogP contribution < -0.4 is 10.8 Å². The Morgan fingerprint density at radius 2 is 1.97 bits per heavy atom. The molecule has 3 rings (SSSR count). The van der Waals surface area contributed by atoms with Crippen LogP contribution in [-0.2, 0) is 4.79 Å². The van der Waals surface area contributed by atoms with Crippen LogP contribution >= 0.6 is 0 Å². The zero-order valence-corrected chi connectivity index (χ0v) is 21.1. The van der Waals surface area contributed by atoms with Gasteiger partial charge >= 0.3 is 0 Å². The van der Waals surface area contributed by atoms with E-state index >= 15 is 0 Å². The molecule has 0 saturated carbocycles. The molecule has 1 fully saturated rings. The van der Waals surface area contributed by atoms with Crippen LogP contribution in [0.1, 0.15) is 62.4 Å². The maximum atomic E-state index is 12.6. The van der Waals surface area contributed by atoms with Crippen molar-refractivity contribution < 1.29 is 14.8 Å². The number of aliphatic imine (C=N–C) groups is 1. The standard InChI is InChI=1S/C26H32N4O3.C2H6/c1-3-21(26(32)29-33)17-27-19(2)30-15-7-8-20(18-30)16-28-25(31)24-13-11-23(12-14-24)22-9-5-4-6-10-22;1-2/h3,5,9-14,17,20,33H,2,4,6-8,15-16,18H2,1H3,(H,28,31)(H,29,32);1-2H3/b21-3+,27-17-;. The highest BCUT2D eigenvalue weighted by Crippen LogP contribution is 2.22. The van der Waals surface area contributed by atoms with Gasteiger partial charge in [-0.05, 0) is 61.8 Å². The van der Waals surface area contributed by atoms with E-state index in [0.29, 0.717) is 17.9 Å². The number of hydrogen-bond donors (Lipinski definition) is 3. The van der Waals surface area contributed by atoms with Crippen molar-refractivity contribution in [3.8, 4) is 0 Å². The predicted octanol–water partition coefficient (Wildman–Crippen LogP) is 4.88. The lowest BCUT2D eigenvalue weighted by Gasteiger charge is -2.34. The maximum absolute atomic E-state index is 12.6. The molecule has 1 aromatic rings. The van der Waals surface area contributed by atoms with E-state index in [9.17, 15) is 9.59 Å². The van der Waals surface area contributed by atoms with E-state index in [0.717, 1.165) is 44.3 Å². The van der Waals surface area contributed by atoms with E-state index in [1.165, 1.54) is 11.8 Å². The summed E-state index contributed by atoms with van der Waals surface area (Å²) in [6, 6.07) is 7.74. The molecule has 0 radical (unpaired) electrons. The quantitative estimate of drug-likeness (QED) is 0.215. The fourth-order valence-corrected chi connectivity index (χ4v) is 4.00. The van der Waals surface area contributed by atoms with Gasteiger partial charge in [0.05, 0.1) is 5.57 Å². The SMILES string of the molecule is C=C(/N=C\C(=C/C)C(=O)NO)N1CCCC(CNC(=O)c2ccc(C3=CCCC=C3)cc2)C1.CC. The second-order valence-electron chi connectivity index (χ2n) is 8.24. The number of carbonyl (C=O) groups is 2. The third-order valence-electron chi connectivity index (χ3n) is 5.94. The average molecular weight is 479 g/mol. The molecular formula is C28H38N4O3. The Bertz CT molecular complexity index is 990. The molecular weight excluding hydrogens is 440 g/mol. The zero-order chi connectivity index (χ0) is 25.6. The number of nitrogens with one attached hydrogen (secondary N) is 2. The number of allylic oxidation sites excluding steroid dienone is 5. The molecule has 1 aliphatic heterocycles. The van der Waals surface area contributed by atoms with Crippen LogP contribution in [0, 0.1) is 5.92 Å². The highest BCUT2D eigenvalue weighted by atomic mass is 16.5. The summed E-state index contributed by atoms with van der Waals surface area (Å²) in [7, 11) is 0. The third kappa shape index (κ3) is 8.37. The average Bonchev–Trinajstić information content (AvgIpc) is 2.93. The second-order valence-corrected chi connectivity index (χ2v) is 8.24. The Balaban J connectivity index is 0.00000210. The van der Waals surface area contributed by atoms with Gasteiger partial charge in [0.1, 0.15) is 5.82 Å². The summed E-state index contributed by atoms with van der Waals surface area (Å²) in [5.41, 5.74) is 4.84. The number of rotatable bonds is 8. The lowest BCUT2D eigenvalue weighted by Crippen LogP contribution is -2.40. The van der Waals surface area contributed by atoms with Crippen LogP contribution in [0.3, 0.4) is 0 Å². The van der Waals surface area contributed by atoms with E-state index in [-0.39, 0.29) is 17.4 Å². The van der Waals surface area contributed by atoms with Crippen LogP contribution in [0.5, 0.6) is 0 Å². The Hall–Kier alpha value is -3.45. The van der Waals surface area contributed by atoms with Crippen LogP contribution in [0.2, 0.25) is 0 Å². The molecule has 1 unspecified atom stereocenters. The molecule has 7 heteroatoms. The molecule has 2 aliphatic rings. The zero-order valence-electron chi connectivity index (χ0n) is 21.1. The summed E-state index contributed by atoms with van der Waals surface area (Å²) < 4.78 is 0. The van der Waals surface area contributed by atoms with Crippen molar-refractivity contribution in [3.63, 3.8) is 0 Å². The number of piperidine rings is 1. The van der Waals surface area contributed by atoms with E-state index in [4.69, 9.17) is 5.21 Å². The van der Waals surface area contributed by atoms with E-state index < -0.39 is 5.91 Å². The Morgan fingerprint density at radius 1 is 1.23 bits per heavy atom. The van der Waals surface area contributed by atoms with Gasteiger partial charge in [0, 0.05) is 31.4 Å². The van der Waals surface area contributed by atoms with Crippen LogP contribution in [0.15, 0.2) is 71.5 Å². The van der Waals surface area contributed by atoms with Crippen molar-refractivity contribution >= 4 is 23.6 Å². The number of hydroxylamine groups is 1. The number of nitrogens with zero attached hydrogens (tertiary/aromatic N) is 2. The molecule has 1 atom stereocenters. The van der Waals surface area contributed by atoms with Gasteiger partial charge in [-0.3, -0.25) is 14.8 Å². The summed E-state index contributed by atoms with van der Waals surface area (Å²) in [5, 5.41) is 11.8. The maximum Gasteiger partial charge on any atom is 0.275 e. The van der Waals surface area contributed by atoms with Crippen LogP contribution in [0.25, 0.3) is 5.57 Å². The normalized spacial score (nSPS) is 17.8. The third-order valence-corrected chi connectivity index (χ3v) is 5.94. The fourth-order valence-electron chi connectivity index (χ4n) is 4.00. The minimum atomic E-state index is -0.617. The van der Waals surface area contributed by atoms with Gasteiger partial charge in [-0.2, -0.15) is 0 Å². The Labute approximate surface area is 209 Å². The smallest absolute Gasteiger partial charge is 0.275 e. The second kappa shape index (κ2) is 14.7. The lowest BCUT2D eigenvalue weighted by molar-refractivity contribution is -0.124. The van der Waals surface area contributed by atoms with Crippen molar-refractivity contribution in [2.45, 2.75) is 46.5 Å². The first-order valence-corrected chi connectivity index (χ1v) is 12.4. The van der Waals surface area contributed by atoms with Crippen molar-refractivity contribution in [2.75, 3.05) is 19.6 Å². The number of amides is 2. The van der Waals surface area contributed by atoms with Gasteiger partial charge in [-0.25, -0.2) is 10.5 Å². The Kier molecular flexibility index (Phi) is 11.7. The summed E-state index contributed by atoms with van der Waals surface area (Å²) in [6.45, 7) is 11.8. The van der Waals surface area contributed by atoms with E-state index in [1.54, 1.807) is 18.5 Å². The van der Waals surface area contributed by atoms with Crippen molar-refractivity contribution in [2.24, 2.45) is 10.9 Å². The molecule has 2 amide bonds. The van der Waals surface area contributed by atoms with Crippen LogP contribution in [0.4, 0.5) is 0 Å². The molecule has 7 nitrogen and oxygen atoms in total. The molecule has 0 aromatic heterocycles. The number of carbonyl (C=O) groups excluding carboxylic acids is 2. The molecule has 188 valence electrons. The summed E-state index contributed by atoms with van der Waals surface area (Å²) in [5.74, 6) is 0.149. The van der Waals surface area contributed by atoms with Crippen molar-refractivity contribution in [1.82, 2.24) is 15.7 Å². The monoisotopic (exact) mass is 478 g/mol. The fraction of sp³-hybridized carbons (Fsp3) is 0.393. The summed E-state index contributed by atoms with van der Waals surface area (Å²) in [6.07, 6.45) is 13.6. The van der Waals surface area contributed by atoms with Gasteiger partial charge in [0.15, 0.2) is 0 Å². The minimum Gasteiger partial charge on any atom is -0.357 e. The number of hydrogen-bond acceptors (Lipinski definition) is 5. The van der Waals surface area contributed by atoms with E-state index in [1.807, 2.05) is 38.1 Å². The lowest BCUT2D eigenvalue weighted by atomic mass is 9.97. The van der Waals surface area contributed by atoms with Crippen LogP contribution in [-0.4, -0.2) is 47.8 Å². The van der Waals surface area contributed by atoms with Gasteiger partial charge < -0.3 is 10.2 Å². The first-order valence-electron chi connectivity index (χ1n) is 12.4. The van der Waals surface area contributed by atoms with Gasteiger partial charge in [0.25, 0.3) is 11.8 Å². The molecule has 0 bridgehead atoms. The molecule has 0 spiro atoms. The highest BCUT2D eigenvalue weighted by Gasteiger charge is 2.21.